The van der Waals surface area contributed by atoms with Crippen molar-refractivity contribution in [2.24, 2.45) is 5.73 Å². The summed E-state index contributed by atoms with van der Waals surface area (Å²) in [5.74, 6) is 1.86. The van der Waals surface area contributed by atoms with Crippen LogP contribution in [-0.4, -0.2) is 6.04 Å². The maximum Gasteiger partial charge on any atom is 0.130 e. The molecule has 2 aromatic rings. The topological polar surface area (TPSA) is 35.2 Å². The summed E-state index contributed by atoms with van der Waals surface area (Å²) < 4.78 is 6.12. The minimum Gasteiger partial charge on any atom is -0.457 e. The molecule has 0 fully saturated rings. The van der Waals surface area contributed by atoms with E-state index in [1.54, 1.807) is 0 Å². The molecule has 0 aromatic heterocycles. The maximum absolute atomic E-state index is 6.12. The largest absolute Gasteiger partial charge is 0.457 e. The van der Waals surface area contributed by atoms with Crippen LogP contribution in [-0.2, 0) is 19.3 Å². The average Bonchev–Trinajstić information content (AvgIpc) is 2.49. The molecule has 2 heteroatoms. The summed E-state index contributed by atoms with van der Waals surface area (Å²) in [6.45, 7) is 2.02. The number of nitrogens with two attached hydrogens (primary N) is 1. The maximum atomic E-state index is 6.12. The van der Waals surface area contributed by atoms with E-state index in [0.29, 0.717) is 0 Å². The molecule has 0 saturated carbocycles. The van der Waals surface area contributed by atoms with E-state index >= 15 is 0 Å². The molecule has 110 valence electrons. The number of rotatable bonds is 4. The molecule has 1 aliphatic rings. The summed E-state index contributed by atoms with van der Waals surface area (Å²) in [7, 11) is 0. The molecule has 2 nitrogen and oxygen atoms in total. The molecule has 2 N–H and O–H groups in total. The molecular weight excluding hydrogens is 258 g/mol. The molecule has 0 spiro atoms. The second-order valence-electron chi connectivity index (χ2n) is 6.03. The molecule has 0 bridgehead atoms. The highest BCUT2D eigenvalue weighted by atomic mass is 16.5. The number of ether oxygens (including phenoxy) is 1. The SMILES string of the molecule is CC(N)Cc1ccccc1Oc1ccc2c(c1)CCCC2. The quantitative estimate of drug-likeness (QED) is 0.909. The highest BCUT2D eigenvalue weighted by molar-refractivity contribution is 5.42. The molecule has 1 atom stereocenters. The van der Waals surface area contributed by atoms with E-state index in [1.807, 2.05) is 25.1 Å². The van der Waals surface area contributed by atoms with E-state index in [1.165, 1.54) is 42.4 Å². The fourth-order valence-corrected chi connectivity index (χ4v) is 3.02. The average molecular weight is 281 g/mol. The van der Waals surface area contributed by atoms with Gasteiger partial charge in [0.05, 0.1) is 0 Å². The van der Waals surface area contributed by atoms with Crippen molar-refractivity contribution in [3.05, 3.63) is 59.2 Å². The second kappa shape index (κ2) is 6.31. The summed E-state index contributed by atoms with van der Waals surface area (Å²) in [5, 5.41) is 0. The number of hydrogen-bond donors (Lipinski definition) is 1. The summed E-state index contributed by atoms with van der Waals surface area (Å²) in [4.78, 5) is 0. The van der Waals surface area contributed by atoms with Gasteiger partial charge in [0.2, 0.25) is 0 Å². The summed E-state index contributed by atoms with van der Waals surface area (Å²) in [6, 6.07) is 14.8. The third-order valence-electron chi connectivity index (χ3n) is 4.06. The normalized spacial score (nSPS) is 15.3. The minimum atomic E-state index is 0.137. The Hall–Kier alpha value is -1.80. The van der Waals surface area contributed by atoms with E-state index in [-0.39, 0.29) is 6.04 Å². The molecule has 21 heavy (non-hydrogen) atoms. The van der Waals surface area contributed by atoms with Gasteiger partial charge >= 0.3 is 0 Å². The Labute approximate surface area is 126 Å². The van der Waals surface area contributed by atoms with Crippen molar-refractivity contribution in [1.29, 1.82) is 0 Å². The number of aryl methyl sites for hydroxylation is 2. The third kappa shape index (κ3) is 3.45. The Balaban J connectivity index is 1.83. The smallest absolute Gasteiger partial charge is 0.130 e. The molecular formula is C19H23NO. The molecule has 0 heterocycles. The van der Waals surface area contributed by atoms with Crippen LogP contribution in [0.1, 0.15) is 36.5 Å². The van der Waals surface area contributed by atoms with Gasteiger partial charge in [0.25, 0.3) is 0 Å². The number of para-hydroxylation sites is 1. The Morgan fingerprint density at radius 3 is 2.62 bits per heavy atom. The Morgan fingerprint density at radius 1 is 1.05 bits per heavy atom. The lowest BCUT2D eigenvalue weighted by Crippen LogP contribution is -2.18. The molecule has 2 aromatic carbocycles. The number of fused-ring (bicyclic) bond motifs is 1. The molecule has 0 aliphatic heterocycles. The molecule has 1 aliphatic carbocycles. The first-order chi connectivity index (χ1) is 10.2. The zero-order chi connectivity index (χ0) is 14.7. The van der Waals surface area contributed by atoms with Crippen molar-refractivity contribution in [1.82, 2.24) is 0 Å². The molecule has 0 saturated heterocycles. The van der Waals surface area contributed by atoms with Gasteiger partial charge in [0.15, 0.2) is 0 Å². The highest BCUT2D eigenvalue weighted by Crippen LogP contribution is 2.30. The Bertz CT molecular complexity index is 619. The van der Waals surface area contributed by atoms with Crippen LogP contribution >= 0.6 is 0 Å². The van der Waals surface area contributed by atoms with Crippen LogP contribution in [0.2, 0.25) is 0 Å². The van der Waals surface area contributed by atoms with Gasteiger partial charge < -0.3 is 10.5 Å². The zero-order valence-electron chi connectivity index (χ0n) is 12.6. The van der Waals surface area contributed by atoms with E-state index < -0.39 is 0 Å². The number of hydrogen-bond acceptors (Lipinski definition) is 2. The summed E-state index contributed by atoms with van der Waals surface area (Å²) in [5.41, 5.74) is 10.0. The van der Waals surface area contributed by atoms with Crippen LogP contribution in [0.4, 0.5) is 0 Å². The summed E-state index contributed by atoms with van der Waals surface area (Å²) >= 11 is 0. The monoisotopic (exact) mass is 281 g/mol. The van der Waals surface area contributed by atoms with Crippen molar-refractivity contribution in [3.63, 3.8) is 0 Å². The van der Waals surface area contributed by atoms with Crippen LogP contribution in [0.15, 0.2) is 42.5 Å². The van der Waals surface area contributed by atoms with Crippen LogP contribution in [0.5, 0.6) is 11.5 Å². The van der Waals surface area contributed by atoms with E-state index in [0.717, 1.165) is 17.9 Å². The first kappa shape index (κ1) is 14.2. The first-order valence-corrected chi connectivity index (χ1v) is 7.85. The van der Waals surface area contributed by atoms with Gasteiger partial charge in [-0.1, -0.05) is 24.3 Å². The molecule has 1 unspecified atom stereocenters. The van der Waals surface area contributed by atoms with Crippen LogP contribution < -0.4 is 10.5 Å². The molecule has 0 amide bonds. The van der Waals surface area contributed by atoms with Crippen molar-refractivity contribution < 1.29 is 4.74 Å². The van der Waals surface area contributed by atoms with Gasteiger partial charge in [0, 0.05) is 6.04 Å². The second-order valence-corrected chi connectivity index (χ2v) is 6.03. The lowest BCUT2D eigenvalue weighted by Gasteiger charge is -2.18. The predicted octanol–water partition coefficient (Wildman–Crippen LogP) is 4.25. The van der Waals surface area contributed by atoms with Crippen LogP contribution in [0.3, 0.4) is 0 Å². The summed E-state index contributed by atoms with van der Waals surface area (Å²) in [6.07, 6.45) is 5.81. The first-order valence-electron chi connectivity index (χ1n) is 7.85. The van der Waals surface area contributed by atoms with Gasteiger partial charge in [-0.2, -0.15) is 0 Å². The zero-order valence-corrected chi connectivity index (χ0v) is 12.6. The fraction of sp³-hybridized carbons (Fsp3) is 0.368. The Kier molecular flexibility index (Phi) is 4.26. The van der Waals surface area contributed by atoms with E-state index in [4.69, 9.17) is 10.5 Å². The van der Waals surface area contributed by atoms with Crippen LogP contribution in [0.25, 0.3) is 0 Å². The van der Waals surface area contributed by atoms with Crippen molar-refractivity contribution in [2.75, 3.05) is 0 Å². The van der Waals surface area contributed by atoms with Gasteiger partial charge in [-0.05, 0) is 73.9 Å². The Morgan fingerprint density at radius 2 is 1.81 bits per heavy atom. The predicted molar refractivity (Wildman–Crippen MR) is 87.0 cm³/mol. The lowest BCUT2D eigenvalue weighted by atomic mass is 9.92. The van der Waals surface area contributed by atoms with Crippen molar-refractivity contribution >= 4 is 0 Å². The molecule has 3 rings (SSSR count). The third-order valence-corrected chi connectivity index (χ3v) is 4.06. The highest BCUT2D eigenvalue weighted by Gasteiger charge is 2.11. The lowest BCUT2D eigenvalue weighted by molar-refractivity contribution is 0.472. The van der Waals surface area contributed by atoms with Crippen molar-refractivity contribution in [2.45, 2.75) is 45.1 Å². The number of benzene rings is 2. The van der Waals surface area contributed by atoms with E-state index in [9.17, 15) is 0 Å². The van der Waals surface area contributed by atoms with Gasteiger partial charge in [0.1, 0.15) is 11.5 Å². The standard InChI is InChI=1S/C19H23NO/c1-14(20)12-17-8-4-5-9-19(17)21-18-11-10-15-6-2-3-7-16(15)13-18/h4-5,8-11,13-14H,2-3,6-7,12,20H2,1H3. The minimum absolute atomic E-state index is 0.137. The fourth-order valence-electron chi connectivity index (χ4n) is 3.02. The van der Waals surface area contributed by atoms with Gasteiger partial charge in [-0.15, -0.1) is 0 Å². The van der Waals surface area contributed by atoms with E-state index in [2.05, 4.69) is 24.3 Å². The molecule has 0 radical (unpaired) electrons. The van der Waals surface area contributed by atoms with Crippen LogP contribution in [0, 0.1) is 0 Å². The van der Waals surface area contributed by atoms with Gasteiger partial charge in [-0.3, -0.25) is 0 Å². The van der Waals surface area contributed by atoms with Gasteiger partial charge in [-0.25, -0.2) is 0 Å². The van der Waals surface area contributed by atoms with Crippen molar-refractivity contribution in [3.8, 4) is 11.5 Å².